The van der Waals surface area contributed by atoms with Crippen LogP contribution in [-0.4, -0.2) is 57.1 Å². The lowest BCUT2D eigenvalue weighted by Crippen LogP contribution is -2.49. The Morgan fingerprint density at radius 2 is 2.12 bits per heavy atom. The standard InChI is InChI=1S/C20H30N2O4/c1-2-24-13-14-26-18-6-3-5-17(15-18)21-19(23)22-10-4-7-20(16-22)8-11-25-12-9-20/h3,5-6,15H,2,4,7-14,16H2,1H3,(H,21,23). The molecule has 6 nitrogen and oxygen atoms in total. The van der Waals surface area contributed by atoms with Gasteiger partial charge in [0, 0.05) is 44.7 Å². The highest BCUT2D eigenvalue weighted by Crippen LogP contribution is 2.39. The van der Waals surface area contributed by atoms with Crippen molar-refractivity contribution in [1.82, 2.24) is 4.90 Å². The maximum atomic E-state index is 12.7. The van der Waals surface area contributed by atoms with Crippen molar-refractivity contribution in [2.24, 2.45) is 5.41 Å². The van der Waals surface area contributed by atoms with E-state index in [1.54, 1.807) is 0 Å². The maximum absolute atomic E-state index is 12.7. The van der Waals surface area contributed by atoms with Gasteiger partial charge < -0.3 is 24.4 Å². The van der Waals surface area contributed by atoms with Crippen molar-refractivity contribution in [3.05, 3.63) is 24.3 Å². The molecule has 2 aliphatic rings. The van der Waals surface area contributed by atoms with Gasteiger partial charge in [0.25, 0.3) is 0 Å². The first-order valence-corrected chi connectivity index (χ1v) is 9.65. The molecule has 2 saturated heterocycles. The highest BCUT2D eigenvalue weighted by molar-refractivity contribution is 5.89. The van der Waals surface area contributed by atoms with Crippen LogP contribution in [0.5, 0.6) is 5.75 Å². The lowest BCUT2D eigenvalue weighted by atomic mass is 9.74. The zero-order valence-electron chi connectivity index (χ0n) is 15.7. The molecule has 0 radical (unpaired) electrons. The highest BCUT2D eigenvalue weighted by Gasteiger charge is 2.38. The van der Waals surface area contributed by atoms with Gasteiger partial charge in [0.1, 0.15) is 12.4 Å². The number of carbonyl (C=O) groups is 1. The van der Waals surface area contributed by atoms with Crippen LogP contribution in [0.15, 0.2) is 24.3 Å². The number of urea groups is 1. The average Bonchev–Trinajstić information content (AvgIpc) is 2.66. The number of anilines is 1. The van der Waals surface area contributed by atoms with Crippen LogP contribution >= 0.6 is 0 Å². The van der Waals surface area contributed by atoms with Crippen LogP contribution in [0.2, 0.25) is 0 Å². The third kappa shape index (κ3) is 5.11. The minimum Gasteiger partial charge on any atom is -0.491 e. The molecule has 0 aliphatic carbocycles. The topological polar surface area (TPSA) is 60.0 Å². The second-order valence-corrected chi connectivity index (χ2v) is 7.14. The van der Waals surface area contributed by atoms with E-state index in [4.69, 9.17) is 14.2 Å². The molecule has 26 heavy (non-hydrogen) atoms. The maximum Gasteiger partial charge on any atom is 0.321 e. The van der Waals surface area contributed by atoms with Gasteiger partial charge in [0.2, 0.25) is 0 Å². The Labute approximate surface area is 155 Å². The summed E-state index contributed by atoms with van der Waals surface area (Å²) in [6, 6.07) is 7.50. The Balaban J connectivity index is 1.54. The number of piperidine rings is 1. The number of hydrogen-bond acceptors (Lipinski definition) is 4. The van der Waals surface area contributed by atoms with Crippen LogP contribution in [0.4, 0.5) is 10.5 Å². The molecule has 2 fully saturated rings. The molecule has 6 heteroatoms. The second kappa shape index (κ2) is 9.24. The van der Waals surface area contributed by atoms with Crippen molar-refractivity contribution in [3.8, 4) is 5.75 Å². The summed E-state index contributed by atoms with van der Waals surface area (Å²) in [5.41, 5.74) is 1.01. The summed E-state index contributed by atoms with van der Waals surface area (Å²) in [4.78, 5) is 14.7. The molecule has 2 aliphatic heterocycles. The van der Waals surface area contributed by atoms with Gasteiger partial charge in [-0.25, -0.2) is 4.79 Å². The lowest BCUT2D eigenvalue weighted by molar-refractivity contribution is -0.0175. The fourth-order valence-corrected chi connectivity index (χ4v) is 3.82. The van der Waals surface area contributed by atoms with Crippen LogP contribution in [0, 0.1) is 5.41 Å². The number of benzene rings is 1. The Hall–Kier alpha value is -1.79. The smallest absolute Gasteiger partial charge is 0.321 e. The van der Waals surface area contributed by atoms with Crippen molar-refractivity contribution in [2.75, 3.05) is 51.4 Å². The summed E-state index contributed by atoms with van der Waals surface area (Å²) < 4.78 is 16.4. The molecule has 1 aromatic rings. The summed E-state index contributed by atoms with van der Waals surface area (Å²) in [5.74, 6) is 0.738. The Bertz CT molecular complexity index is 581. The minimum atomic E-state index is -0.0259. The highest BCUT2D eigenvalue weighted by atomic mass is 16.5. The number of nitrogens with one attached hydrogen (secondary N) is 1. The van der Waals surface area contributed by atoms with Crippen LogP contribution in [0.3, 0.4) is 0 Å². The van der Waals surface area contributed by atoms with Crippen molar-refractivity contribution in [1.29, 1.82) is 0 Å². The van der Waals surface area contributed by atoms with E-state index in [0.717, 1.165) is 57.0 Å². The zero-order chi connectivity index (χ0) is 18.2. The largest absolute Gasteiger partial charge is 0.491 e. The third-order valence-corrected chi connectivity index (χ3v) is 5.29. The number of nitrogens with zero attached hydrogens (tertiary/aromatic N) is 1. The predicted octanol–water partition coefficient (Wildman–Crippen LogP) is 3.53. The molecule has 3 rings (SSSR count). The molecule has 144 valence electrons. The quantitative estimate of drug-likeness (QED) is 0.787. The van der Waals surface area contributed by atoms with Crippen molar-refractivity contribution in [2.45, 2.75) is 32.6 Å². The number of carbonyl (C=O) groups excluding carboxylic acids is 1. The summed E-state index contributed by atoms with van der Waals surface area (Å²) >= 11 is 0. The van der Waals surface area contributed by atoms with Crippen LogP contribution in [-0.2, 0) is 9.47 Å². The van der Waals surface area contributed by atoms with E-state index in [-0.39, 0.29) is 11.4 Å². The molecule has 0 bridgehead atoms. The van der Waals surface area contributed by atoms with Crippen LogP contribution < -0.4 is 10.1 Å². The Morgan fingerprint density at radius 1 is 1.27 bits per heavy atom. The fraction of sp³-hybridized carbons (Fsp3) is 0.650. The van der Waals surface area contributed by atoms with E-state index < -0.39 is 0 Å². The molecule has 0 unspecified atom stereocenters. The number of rotatable bonds is 6. The number of hydrogen-bond donors (Lipinski definition) is 1. The van der Waals surface area contributed by atoms with Gasteiger partial charge in [-0.1, -0.05) is 6.07 Å². The van der Waals surface area contributed by atoms with Crippen molar-refractivity contribution < 1.29 is 19.0 Å². The monoisotopic (exact) mass is 362 g/mol. The molecule has 0 aromatic heterocycles. The van der Waals surface area contributed by atoms with Gasteiger partial charge in [0.15, 0.2) is 0 Å². The molecule has 2 heterocycles. The summed E-state index contributed by atoms with van der Waals surface area (Å²) in [6.07, 6.45) is 4.37. The van der Waals surface area contributed by atoms with Gasteiger partial charge in [-0.3, -0.25) is 0 Å². The Morgan fingerprint density at radius 3 is 2.92 bits per heavy atom. The van der Waals surface area contributed by atoms with E-state index in [1.807, 2.05) is 36.1 Å². The number of likely N-dealkylation sites (tertiary alicyclic amines) is 1. The first-order valence-electron chi connectivity index (χ1n) is 9.65. The molecular formula is C20H30N2O4. The molecule has 1 N–H and O–H groups in total. The zero-order valence-corrected chi connectivity index (χ0v) is 15.7. The number of amides is 2. The second-order valence-electron chi connectivity index (χ2n) is 7.14. The van der Waals surface area contributed by atoms with Crippen LogP contribution in [0.1, 0.15) is 32.6 Å². The normalized spacial score (nSPS) is 19.3. The SMILES string of the molecule is CCOCCOc1cccc(NC(=O)N2CCCC3(CCOCC3)C2)c1. The summed E-state index contributed by atoms with van der Waals surface area (Å²) in [5, 5.41) is 3.02. The number of ether oxygens (including phenoxy) is 3. The average molecular weight is 362 g/mol. The Kier molecular flexibility index (Phi) is 6.74. The molecule has 0 saturated carbocycles. The van der Waals surface area contributed by atoms with Gasteiger partial charge >= 0.3 is 6.03 Å². The van der Waals surface area contributed by atoms with E-state index in [0.29, 0.717) is 19.8 Å². The predicted molar refractivity (Wildman–Crippen MR) is 101 cm³/mol. The summed E-state index contributed by atoms with van der Waals surface area (Å²) in [6.45, 7) is 6.98. The van der Waals surface area contributed by atoms with E-state index in [9.17, 15) is 4.79 Å². The first-order chi connectivity index (χ1) is 12.7. The lowest BCUT2D eigenvalue weighted by Gasteiger charge is -2.45. The van der Waals surface area contributed by atoms with Crippen LogP contribution in [0.25, 0.3) is 0 Å². The van der Waals surface area contributed by atoms with Crippen molar-refractivity contribution in [3.63, 3.8) is 0 Å². The minimum absolute atomic E-state index is 0.0259. The van der Waals surface area contributed by atoms with Gasteiger partial charge in [-0.05, 0) is 50.2 Å². The van der Waals surface area contributed by atoms with E-state index >= 15 is 0 Å². The van der Waals surface area contributed by atoms with Gasteiger partial charge in [0.05, 0.1) is 6.61 Å². The summed E-state index contributed by atoms with van der Waals surface area (Å²) in [7, 11) is 0. The fourth-order valence-electron chi connectivity index (χ4n) is 3.82. The van der Waals surface area contributed by atoms with Gasteiger partial charge in [-0.15, -0.1) is 0 Å². The third-order valence-electron chi connectivity index (χ3n) is 5.29. The molecule has 0 atom stereocenters. The molecule has 1 aromatic carbocycles. The van der Waals surface area contributed by atoms with E-state index in [1.165, 1.54) is 6.42 Å². The molecule has 2 amide bonds. The molecule has 1 spiro atoms. The van der Waals surface area contributed by atoms with Gasteiger partial charge in [-0.2, -0.15) is 0 Å². The van der Waals surface area contributed by atoms with E-state index in [2.05, 4.69) is 5.32 Å². The first kappa shape index (κ1) is 19.0. The van der Waals surface area contributed by atoms with Crippen molar-refractivity contribution >= 4 is 11.7 Å². The molecular weight excluding hydrogens is 332 g/mol.